The van der Waals surface area contributed by atoms with Gasteiger partial charge in [-0.05, 0) is 42.8 Å². The molecule has 2 rings (SSSR count). The molecule has 0 unspecified atom stereocenters. The summed E-state index contributed by atoms with van der Waals surface area (Å²) in [7, 11) is 0. The van der Waals surface area contributed by atoms with E-state index in [4.69, 9.17) is 21.1 Å². The lowest BCUT2D eigenvalue weighted by atomic mass is 10.2. The lowest BCUT2D eigenvalue weighted by Gasteiger charge is -2.12. The molecule has 0 atom stereocenters. The molecule has 0 radical (unpaired) electrons. The van der Waals surface area contributed by atoms with Crippen LogP contribution in [0.3, 0.4) is 0 Å². The molecule has 2 aromatic carbocycles. The third-order valence-electron chi connectivity index (χ3n) is 2.78. The summed E-state index contributed by atoms with van der Waals surface area (Å²) >= 11 is 5.63. The Kier molecular flexibility index (Phi) is 5.17. The van der Waals surface area contributed by atoms with Crippen molar-refractivity contribution >= 4 is 17.9 Å². The van der Waals surface area contributed by atoms with E-state index in [0.29, 0.717) is 29.2 Å². The molecule has 0 saturated carbocycles. The Labute approximate surface area is 127 Å². The zero-order valence-corrected chi connectivity index (χ0v) is 12.2. The Balaban J connectivity index is 2.14. The molecule has 0 aromatic heterocycles. The normalized spacial score (nSPS) is 10.2. The van der Waals surface area contributed by atoms with Gasteiger partial charge < -0.3 is 9.47 Å². The fraction of sp³-hybridized carbons (Fsp3) is 0.188. The summed E-state index contributed by atoms with van der Waals surface area (Å²) in [5, 5.41) is 0.0732. The number of ether oxygens (including phenoxy) is 2. The van der Waals surface area contributed by atoms with Crippen molar-refractivity contribution in [3.63, 3.8) is 0 Å². The molecule has 0 heterocycles. The van der Waals surface area contributed by atoms with Gasteiger partial charge in [0.05, 0.1) is 11.6 Å². The van der Waals surface area contributed by atoms with Crippen molar-refractivity contribution in [1.29, 1.82) is 0 Å². The fourth-order valence-electron chi connectivity index (χ4n) is 1.78. The van der Waals surface area contributed by atoms with Crippen molar-refractivity contribution in [2.24, 2.45) is 0 Å². The second-order valence-electron chi connectivity index (χ2n) is 4.29. The number of benzene rings is 2. The summed E-state index contributed by atoms with van der Waals surface area (Å²) in [6.07, 6.45) is 0.737. The molecule has 3 nitrogen and oxygen atoms in total. The van der Waals surface area contributed by atoms with Gasteiger partial charge in [-0.25, -0.2) is 4.39 Å². The summed E-state index contributed by atoms with van der Waals surface area (Å²) in [5.41, 5.74) is 1.15. The Bertz CT molecular complexity index is 643. The molecule has 0 amide bonds. The van der Waals surface area contributed by atoms with Gasteiger partial charge in [-0.2, -0.15) is 0 Å². The standard InChI is InChI=1S/C16H14ClFO3/c1-2-20-16-8-11(9-19)4-6-15(16)21-10-12-3-5-13(17)14(18)7-12/h3-9H,2,10H2,1H3. The molecule has 0 bridgehead atoms. The lowest BCUT2D eigenvalue weighted by molar-refractivity contribution is 0.112. The Morgan fingerprint density at radius 2 is 1.95 bits per heavy atom. The zero-order chi connectivity index (χ0) is 15.2. The van der Waals surface area contributed by atoms with Crippen LogP contribution in [0.1, 0.15) is 22.8 Å². The first kappa shape index (κ1) is 15.3. The van der Waals surface area contributed by atoms with Crippen molar-refractivity contribution in [3.8, 4) is 11.5 Å². The molecular weight excluding hydrogens is 295 g/mol. The van der Waals surface area contributed by atoms with Gasteiger partial charge in [-0.1, -0.05) is 17.7 Å². The van der Waals surface area contributed by atoms with Crippen LogP contribution < -0.4 is 9.47 Å². The lowest BCUT2D eigenvalue weighted by Crippen LogP contribution is -2.00. The van der Waals surface area contributed by atoms with Crippen LogP contribution in [0.25, 0.3) is 0 Å². The second-order valence-corrected chi connectivity index (χ2v) is 4.70. The minimum atomic E-state index is -0.487. The SMILES string of the molecule is CCOc1cc(C=O)ccc1OCc1ccc(Cl)c(F)c1. The topological polar surface area (TPSA) is 35.5 Å². The molecule has 5 heteroatoms. The van der Waals surface area contributed by atoms with Crippen molar-refractivity contribution < 1.29 is 18.7 Å². The Hall–Kier alpha value is -2.07. The third-order valence-corrected chi connectivity index (χ3v) is 3.09. The van der Waals surface area contributed by atoms with Crippen molar-refractivity contribution in [2.45, 2.75) is 13.5 Å². The molecule has 0 fully saturated rings. The number of aldehydes is 1. The maximum absolute atomic E-state index is 13.4. The number of hydrogen-bond donors (Lipinski definition) is 0. The van der Waals surface area contributed by atoms with E-state index in [2.05, 4.69) is 0 Å². The summed E-state index contributed by atoms with van der Waals surface area (Å²) < 4.78 is 24.4. The smallest absolute Gasteiger partial charge is 0.161 e. The van der Waals surface area contributed by atoms with Crippen molar-refractivity contribution in [1.82, 2.24) is 0 Å². The molecule has 0 aliphatic carbocycles. The minimum absolute atomic E-state index is 0.0732. The second kappa shape index (κ2) is 7.09. The maximum Gasteiger partial charge on any atom is 0.161 e. The summed E-state index contributed by atoms with van der Waals surface area (Å²) in [5.74, 6) is 0.494. The van der Waals surface area contributed by atoms with Gasteiger partial charge in [0.2, 0.25) is 0 Å². The Morgan fingerprint density at radius 3 is 2.62 bits per heavy atom. The van der Waals surface area contributed by atoms with Gasteiger partial charge in [0.25, 0.3) is 0 Å². The largest absolute Gasteiger partial charge is 0.490 e. The van der Waals surface area contributed by atoms with E-state index in [1.165, 1.54) is 12.1 Å². The summed E-state index contributed by atoms with van der Waals surface area (Å²) in [6.45, 7) is 2.47. The van der Waals surface area contributed by atoms with E-state index < -0.39 is 5.82 Å². The van der Waals surface area contributed by atoms with E-state index in [0.717, 1.165) is 6.29 Å². The fourth-order valence-corrected chi connectivity index (χ4v) is 1.89. The molecule has 0 saturated heterocycles. The summed E-state index contributed by atoms with van der Waals surface area (Å²) in [6, 6.07) is 9.38. The van der Waals surface area contributed by atoms with Crippen LogP contribution in [-0.2, 0) is 6.61 Å². The van der Waals surface area contributed by atoms with Crippen molar-refractivity contribution in [3.05, 3.63) is 58.4 Å². The van der Waals surface area contributed by atoms with E-state index in [1.54, 1.807) is 24.3 Å². The molecule has 0 spiro atoms. The van der Waals surface area contributed by atoms with Crippen molar-refractivity contribution in [2.75, 3.05) is 6.61 Å². The highest BCUT2D eigenvalue weighted by Gasteiger charge is 2.08. The first-order chi connectivity index (χ1) is 10.1. The molecule has 110 valence electrons. The first-order valence-corrected chi connectivity index (χ1v) is 6.80. The van der Waals surface area contributed by atoms with E-state index in [-0.39, 0.29) is 11.6 Å². The average Bonchev–Trinajstić information content (AvgIpc) is 2.49. The van der Waals surface area contributed by atoms with Gasteiger partial charge in [-0.15, -0.1) is 0 Å². The number of carbonyl (C=O) groups is 1. The van der Waals surface area contributed by atoms with E-state index >= 15 is 0 Å². The predicted octanol–water partition coefficient (Wildman–Crippen LogP) is 4.27. The number of carbonyl (C=O) groups excluding carboxylic acids is 1. The number of rotatable bonds is 6. The molecular formula is C16H14ClFO3. The minimum Gasteiger partial charge on any atom is -0.490 e. The van der Waals surface area contributed by atoms with Crippen LogP contribution >= 0.6 is 11.6 Å². The molecule has 21 heavy (non-hydrogen) atoms. The van der Waals surface area contributed by atoms with Gasteiger partial charge in [0.1, 0.15) is 18.7 Å². The zero-order valence-electron chi connectivity index (χ0n) is 11.4. The van der Waals surface area contributed by atoms with E-state index in [1.807, 2.05) is 6.92 Å². The van der Waals surface area contributed by atoms with Gasteiger partial charge >= 0.3 is 0 Å². The van der Waals surface area contributed by atoms with Crippen LogP contribution in [-0.4, -0.2) is 12.9 Å². The first-order valence-electron chi connectivity index (χ1n) is 6.42. The van der Waals surface area contributed by atoms with Crippen LogP contribution in [0.5, 0.6) is 11.5 Å². The molecule has 0 aliphatic heterocycles. The van der Waals surface area contributed by atoms with Crippen LogP contribution in [0.15, 0.2) is 36.4 Å². The highest BCUT2D eigenvalue weighted by atomic mass is 35.5. The third kappa shape index (κ3) is 3.95. The monoisotopic (exact) mass is 308 g/mol. The average molecular weight is 309 g/mol. The van der Waals surface area contributed by atoms with Gasteiger partial charge in [0.15, 0.2) is 11.5 Å². The number of halogens is 2. The Morgan fingerprint density at radius 1 is 1.14 bits per heavy atom. The molecule has 0 aliphatic rings. The van der Waals surface area contributed by atoms with Gasteiger partial charge in [0, 0.05) is 5.56 Å². The van der Waals surface area contributed by atoms with Crippen LogP contribution in [0, 0.1) is 5.82 Å². The molecule has 0 N–H and O–H groups in total. The highest BCUT2D eigenvalue weighted by molar-refractivity contribution is 6.30. The van der Waals surface area contributed by atoms with Crippen LogP contribution in [0.2, 0.25) is 5.02 Å². The maximum atomic E-state index is 13.4. The highest BCUT2D eigenvalue weighted by Crippen LogP contribution is 2.29. The van der Waals surface area contributed by atoms with E-state index in [9.17, 15) is 9.18 Å². The predicted molar refractivity (Wildman–Crippen MR) is 78.7 cm³/mol. The quantitative estimate of drug-likeness (QED) is 0.748. The number of hydrogen-bond acceptors (Lipinski definition) is 3. The van der Waals surface area contributed by atoms with Gasteiger partial charge in [-0.3, -0.25) is 4.79 Å². The van der Waals surface area contributed by atoms with Crippen LogP contribution in [0.4, 0.5) is 4.39 Å². The molecule has 2 aromatic rings. The summed E-state index contributed by atoms with van der Waals surface area (Å²) in [4.78, 5) is 10.8.